The molecule has 0 aliphatic carbocycles. The summed E-state index contributed by atoms with van der Waals surface area (Å²) in [5.41, 5.74) is 1.20. The number of rotatable bonds is 5. The Labute approximate surface area is 144 Å². The van der Waals surface area contributed by atoms with Gasteiger partial charge in [-0.3, -0.25) is 15.1 Å². The fourth-order valence-corrected chi connectivity index (χ4v) is 2.98. The molecule has 5 nitrogen and oxygen atoms in total. The van der Waals surface area contributed by atoms with E-state index < -0.39 is 5.60 Å². The molecular formula is C18H17N3O2S. The Balaban J connectivity index is 1.81. The molecule has 0 aliphatic rings. The fourth-order valence-electron chi connectivity index (χ4n) is 2.28. The second kappa shape index (κ2) is 6.90. The zero-order valence-electron chi connectivity index (χ0n) is 13.4. The van der Waals surface area contributed by atoms with E-state index in [1.807, 2.05) is 53.9 Å². The number of hydrogen-bond acceptors (Lipinski definition) is 5. The topological polar surface area (TPSA) is 64.1 Å². The lowest BCUT2D eigenvalue weighted by atomic mass is 9.95. The van der Waals surface area contributed by atoms with Crippen molar-refractivity contribution in [2.75, 3.05) is 12.4 Å². The Morgan fingerprint density at radius 1 is 1.12 bits per heavy atom. The zero-order valence-corrected chi connectivity index (χ0v) is 14.2. The SMILES string of the molecule is COC(C)(C(=O)Nc1nc(-c2ccccn2)cs1)c1ccccc1. The van der Waals surface area contributed by atoms with Gasteiger partial charge >= 0.3 is 0 Å². The van der Waals surface area contributed by atoms with E-state index in [1.165, 1.54) is 18.4 Å². The van der Waals surface area contributed by atoms with Gasteiger partial charge in [0.15, 0.2) is 10.7 Å². The molecule has 1 aromatic carbocycles. The number of thiazole rings is 1. The molecule has 24 heavy (non-hydrogen) atoms. The molecule has 0 bridgehead atoms. The van der Waals surface area contributed by atoms with Crippen LogP contribution in [0.1, 0.15) is 12.5 Å². The van der Waals surface area contributed by atoms with Crippen LogP contribution in [-0.4, -0.2) is 23.0 Å². The van der Waals surface area contributed by atoms with E-state index in [0.717, 1.165) is 17.0 Å². The second-order valence-corrected chi connectivity index (χ2v) is 6.17. The van der Waals surface area contributed by atoms with Crippen LogP contribution in [0.25, 0.3) is 11.4 Å². The number of pyridine rings is 1. The first-order chi connectivity index (χ1) is 11.6. The van der Waals surface area contributed by atoms with Crippen LogP contribution in [0.15, 0.2) is 60.1 Å². The monoisotopic (exact) mass is 339 g/mol. The predicted octanol–water partition coefficient (Wildman–Crippen LogP) is 3.71. The van der Waals surface area contributed by atoms with Crippen LogP contribution in [0.4, 0.5) is 5.13 Å². The maximum atomic E-state index is 12.7. The molecule has 0 aliphatic heterocycles. The lowest BCUT2D eigenvalue weighted by Crippen LogP contribution is -2.39. The third-order valence-electron chi connectivity index (χ3n) is 3.82. The van der Waals surface area contributed by atoms with Crippen molar-refractivity contribution in [3.05, 3.63) is 65.7 Å². The molecule has 1 atom stereocenters. The lowest BCUT2D eigenvalue weighted by Gasteiger charge is -2.26. The zero-order chi connectivity index (χ0) is 17.0. The van der Waals surface area contributed by atoms with Crippen molar-refractivity contribution < 1.29 is 9.53 Å². The Kier molecular flexibility index (Phi) is 4.69. The van der Waals surface area contributed by atoms with E-state index in [-0.39, 0.29) is 5.91 Å². The molecule has 2 heterocycles. The number of nitrogens with one attached hydrogen (secondary N) is 1. The van der Waals surface area contributed by atoms with E-state index in [1.54, 1.807) is 13.1 Å². The Hall–Kier alpha value is -2.57. The number of benzene rings is 1. The summed E-state index contributed by atoms with van der Waals surface area (Å²) in [5.74, 6) is -0.266. The molecule has 0 saturated carbocycles. The highest BCUT2D eigenvalue weighted by molar-refractivity contribution is 7.14. The van der Waals surface area contributed by atoms with Crippen molar-refractivity contribution >= 4 is 22.4 Å². The molecule has 0 spiro atoms. The average Bonchev–Trinajstić information content (AvgIpc) is 3.11. The first kappa shape index (κ1) is 16.3. The van der Waals surface area contributed by atoms with E-state index in [9.17, 15) is 4.79 Å². The maximum Gasteiger partial charge on any atom is 0.262 e. The van der Waals surface area contributed by atoms with Crippen LogP contribution >= 0.6 is 11.3 Å². The summed E-state index contributed by atoms with van der Waals surface area (Å²) in [6.45, 7) is 1.74. The van der Waals surface area contributed by atoms with Crippen LogP contribution < -0.4 is 5.32 Å². The Bertz CT molecular complexity index is 821. The molecule has 0 saturated heterocycles. The molecule has 122 valence electrons. The normalized spacial score (nSPS) is 13.2. The van der Waals surface area contributed by atoms with Gasteiger partial charge in [-0.1, -0.05) is 36.4 Å². The Morgan fingerprint density at radius 2 is 1.88 bits per heavy atom. The van der Waals surface area contributed by atoms with Crippen molar-refractivity contribution in [1.82, 2.24) is 9.97 Å². The standard InChI is InChI=1S/C18H17N3O2S/c1-18(23-2,13-8-4-3-5-9-13)16(22)21-17-20-15(12-24-17)14-10-6-7-11-19-14/h3-12H,1-2H3,(H,20,21,22). The Morgan fingerprint density at radius 3 is 2.54 bits per heavy atom. The van der Waals surface area contributed by atoms with Gasteiger partial charge in [0, 0.05) is 18.7 Å². The van der Waals surface area contributed by atoms with Crippen LogP contribution in [0.3, 0.4) is 0 Å². The molecule has 6 heteroatoms. The number of ether oxygens (including phenoxy) is 1. The van der Waals surface area contributed by atoms with Crippen molar-refractivity contribution in [3.8, 4) is 11.4 Å². The summed E-state index contributed by atoms with van der Waals surface area (Å²) in [7, 11) is 1.52. The second-order valence-electron chi connectivity index (χ2n) is 5.31. The van der Waals surface area contributed by atoms with Crippen LogP contribution in [0, 0.1) is 0 Å². The lowest BCUT2D eigenvalue weighted by molar-refractivity contribution is -0.136. The smallest absolute Gasteiger partial charge is 0.262 e. The number of methoxy groups -OCH3 is 1. The summed E-state index contributed by atoms with van der Waals surface area (Å²) < 4.78 is 5.50. The third kappa shape index (κ3) is 3.20. The van der Waals surface area contributed by atoms with Gasteiger partial charge in [-0.05, 0) is 24.6 Å². The average molecular weight is 339 g/mol. The number of anilines is 1. The van der Waals surface area contributed by atoms with Gasteiger partial charge in [0.1, 0.15) is 5.69 Å². The summed E-state index contributed by atoms with van der Waals surface area (Å²) >= 11 is 1.36. The quantitative estimate of drug-likeness (QED) is 0.770. The van der Waals surface area contributed by atoms with Crippen LogP contribution in [0.2, 0.25) is 0 Å². The number of carbonyl (C=O) groups is 1. The number of aromatic nitrogens is 2. The largest absolute Gasteiger partial charge is 0.364 e. The van der Waals surface area contributed by atoms with Gasteiger partial charge in [-0.25, -0.2) is 4.98 Å². The number of hydrogen-bond donors (Lipinski definition) is 1. The van der Waals surface area contributed by atoms with Crippen LogP contribution in [0.5, 0.6) is 0 Å². The highest BCUT2D eigenvalue weighted by Gasteiger charge is 2.35. The fraction of sp³-hybridized carbons (Fsp3) is 0.167. The summed E-state index contributed by atoms with van der Waals surface area (Å²) in [5, 5.41) is 5.22. The molecule has 1 amide bonds. The van der Waals surface area contributed by atoms with E-state index >= 15 is 0 Å². The summed E-state index contributed by atoms with van der Waals surface area (Å²) in [4.78, 5) is 21.4. The first-order valence-corrected chi connectivity index (χ1v) is 8.30. The van der Waals surface area contributed by atoms with Crippen molar-refractivity contribution in [2.24, 2.45) is 0 Å². The van der Waals surface area contributed by atoms with E-state index in [4.69, 9.17) is 4.74 Å². The highest BCUT2D eigenvalue weighted by atomic mass is 32.1. The minimum absolute atomic E-state index is 0.266. The third-order valence-corrected chi connectivity index (χ3v) is 4.58. The minimum atomic E-state index is -1.09. The molecule has 0 radical (unpaired) electrons. The van der Waals surface area contributed by atoms with Crippen LogP contribution in [-0.2, 0) is 15.1 Å². The first-order valence-electron chi connectivity index (χ1n) is 7.42. The number of carbonyl (C=O) groups excluding carboxylic acids is 1. The minimum Gasteiger partial charge on any atom is -0.364 e. The molecule has 1 unspecified atom stereocenters. The van der Waals surface area contributed by atoms with Crippen molar-refractivity contribution in [2.45, 2.75) is 12.5 Å². The van der Waals surface area contributed by atoms with E-state index in [2.05, 4.69) is 15.3 Å². The van der Waals surface area contributed by atoms with Crippen molar-refractivity contribution in [1.29, 1.82) is 0 Å². The molecule has 3 rings (SSSR count). The van der Waals surface area contributed by atoms with Gasteiger partial charge in [0.05, 0.1) is 5.69 Å². The van der Waals surface area contributed by atoms with Gasteiger partial charge in [0.2, 0.25) is 0 Å². The van der Waals surface area contributed by atoms with Gasteiger partial charge in [-0.15, -0.1) is 11.3 Å². The van der Waals surface area contributed by atoms with Gasteiger partial charge in [0.25, 0.3) is 5.91 Å². The van der Waals surface area contributed by atoms with Crippen molar-refractivity contribution in [3.63, 3.8) is 0 Å². The van der Waals surface area contributed by atoms with Gasteiger partial charge < -0.3 is 4.74 Å². The molecule has 0 fully saturated rings. The number of amides is 1. The molecular weight excluding hydrogens is 322 g/mol. The molecule has 2 aromatic heterocycles. The van der Waals surface area contributed by atoms with E-state index in [0.29, 0.717) is 5.13 Å². The summed E-state index contributed by atoms with van der Waals surface area (Å²) in [6.07, 6.45) is 1.71. The molecule has 3 aromatic rings. The predicted molar refractivity (Wildman–Crippen MR) is 94.8 cm³/mol. The van der Waals surface area contributed by atoms with Gasteiger partial charge in [-0.2, -0.15) is 0 Å². The molecule has 1 N–H and O–H groups in total. The number of nitrogens with zero attached hydrogens (tertiary/aromatic N) is 2. The maximum absolute atomic E-state index is 12.7. The highest BCUT2D eigenvalue weighted by Crippen LogP contribution is 2.28. The summed E-state index contributed by atoms with van der Waals surface area (Å²) in [6, 6.07) is 15.0.